The Hall–Kier alpha value is -2.41. The molecule has 0 radical (unpaired) electrons. The van der Waals surface area contributed by atoms with Gasteiger partial charge in [0.15, 0.2) is 0 Å². The second kappa shape index (κ2) is 7.07. The topological polar surface area (TPSA) is 81.8 Å². The number of hydrogen-bond donors (Lipinski definition) is 2. The van der Waals surface area contributed by atoms with E-state index in [1.165, 1.54) is 5.56 Å². The molecule has 0 spiro atoms. The molecule has 1 saturated heterocycles. The van der Waals surface area contributed by atoms with Crippen LogP contribution >= 0.6 is 0 Å². The molecule has 0 bridgehead atoms. The van der Waals surface area contributed by atoms with Gasteiger partial charge in [0, 0.05) is 13.1 Å². The maximum atomic E-state index is 12.5. The van der Waals surface area contributed by atoms with E-state index in [2.05, 4.69) is 15.5 Å². The van der Waals surface area contributed by atoms with Gasteiger partial charge in [-0.1, -0.05) is 24.3 Å². The van der Waals surface area contributed by atoms with Crippen molar-refractivity contribution >= 4 is 17.8 Å². The van der Waals surface area contributed by atoms with Crippen LogP contribution in [0.4, 0.5) is 4.79 Å². The molecule has 7 heteroatoms. The van der Waals surface area contributed by atoms with Crippen molar-refractivity contribution in [3.63, 3.8) is 0 Å². The Labute approximate surface area is 153 Å². The summed E-state index contributed by atoms with van der Waals surface area (Å²) in [6.45, 7) is 2.73. The molecule has 1 heterocycles. The largest absolute Gasteiger partial charge is 0.350 e. The molecule has 1 unspecified atom stereocenters. The van der Waals surface area contributed by atoms with Gasteiger partial charge in [0.2, 0.25) is 5.91 Å². The fraction of sp³-hybridized carbons (Fsp3) is 0.526. The average Bonchev–Trinajstić information content (AvgIpc) is 3.40. The Balaban J connectivity index is 1.51. The highest BCUT2D eigenvalue weighted by Gasteiger charge is 2.56. The highest BCUT2D eigenvalue weighted by atomic mass is 16.2. The molecule has 1 aromatic rings. The van der Waals surface area contributed by atoms with Crippen LogP contribution in [-0.2, 0) is 22.7 Å². The summed E-state index contributed by atoms with van der Waals surface area (Å²) in [5.41, 5.74) is 1.32. The standard InChI is InChI=1S/C19H26N4O3/c1-19(15-8-9-15)17(25)23(18(26)21-19)12-16(24)20-10-13-4-6-14(7-5-13)11-22(2)3/h4-7,15H,8-12H2,1-3H3,(H,20,24)(H,21,26). The van der Waals surface area contributed by atoms with Crippen LogP contribution in [0.1, 0.15) is 30.9 Å². The third kappa shape index (κ3) is 3.88. The van der Waals surface area contributed by atoms with Gasteiger partial charge in [-0.15, -0.1) is 0 Å². The van der Waals surface area contributed by atoms with Crippen LogP contribution in [0.5, 0.6) is 0 Å². The Morgan fingerprint density at radius 2 is 1.85 bits per heavy atom. The second-order valence-corrected chi connectivity index (χ2v) is 7.63. The molecule has 1 atom stereocenters. The highest BCUT2D eigenvalue weighted by molar-refractivity contribution is 6.09. The van der Waals surface area contributed by atoms with Crippen LogP contribution in [0, 0.1) is 5.92 Å². The maximum Gasteiger partial charge on any atom is 0.325 e. The number of urea groups is 1. The van der Waals surface area contributed by atoms with E-state index in [1.807, 2.05) is 38.4 Å². The lowest BCUT2D eigenvalue weighted by molar-refractivity contribution is -0.135. The van der Waals surface area contributed by atoms with Crippen molar-refractivity contribution in [2.75, 3.05) is 20.6 Å². The van der Waals surface area contributed by atoms with Gasteiger partial charge in [-0.2, -0.15) is 0 Å². The van der Waals surface area contributed by atoms with Crippen molar-refractivity contribution in [1.82, 2.24) is 20.4 Å². The number of amides is 4. The lowest BCUT2D eigenvalue weighted by Gasteiger charge is -2.20. The normalized spacial score (nSPS) is 22.7. The maximum absolute atomic E-state index is 12.5. The summed E-state index contributed by atoms with van der Waals surface area (Å²) in [6, 6.07) is 7.51. The molecule has 140 valence electrons. The first-order valence-corrected chi connectivity index (χ1v) is 8.93. The van der Waals surface area contributed by atoms with Gasteiger partial charge >= 0.3 is 6.03 Å². The highest BCUT2D eigenvalue weighted by Crippen LogP contribution is 2.42. The molecule has 26 heavy (non-hydrogen) atoms. The summed E-state index contributed by atoms with van der Waals surface area (Å²) in [5, 5.41) is 5.52. The molecular formula is C19H26N4O3. The number of carbonyl (C=O) groups is 3. The van der Waals surface area contributed by atoms with Crippen LogP contribution in [0.2, 0.25) is 0 Å². The van der Waals surface area contributed by atoms with Crippen molar-refractivity contribution in [3.05, 3.63) is 35.4 Å². The molecule has 2 fully saturated rings. The third-order valence-electron chi connectivity index (χ3n) is 5.01. The summed E-state index contributed by atoms with van der Waals surface area (Å²) in [7, 11) is 4.02. The van der Waals surface area contributed by atoms with Gasteiger partial charge in [0.05, 0.1) is 0 Å². The minimum Gasteiger partial charge on any atom is -0.350 e. The monoisotopic (exact) mass is 358 g/mol. The summed E-state index contributed by atoms with van der Waals surface area (Å²) < 4.78 is 0. The Morgan fingerprint density at radius 1 is 1.23 bits per heavy atom. The number of benzene rings is 1. The zero-order chi connectivity index (χ0) is 18.9. The predicted molar refractivity (Wildman–Crippen MR) is 97.1 cm³/mol. The molecule has 0 aromatic heterocycles. The van der Waals surface area contributed by atoms with Crippen molar-refractivity contribution in [3.8, 4) is 0 Å². The van der Waals surface area contributed by atoms with E-state index >= 15 is 0 Å². The molecule has 1 aliphatic carbocycles. The fourth-order valence-corrected chi connectivity index (χ4v) is 3.32. The van der Waals surface area contributed by atoms with Gasteiger partial charge in [0.1, 0.15) is 12.1 Å². The molecule has 1 aliphatic heterocycles. The van der Waals surface area contributed by atoms with E-state index in [-0.39, 0.29) is 24.3 Å². The van der Waals surface area contributed by atoms with Crippen LogP contribution in [0.25, 0.3) is 0 Å². The molecule has 3 rings (SSSR count). The molecule has 1 saturated carbocycles. The third-order valence-corrected chi connectivity index (χ3v) is 5.01. The Kier molecular flexibility index (Phi) is 5.00. The molecular weight excluding hydrogens is 332 g/mol. The van der Waals surface area contributed by atoms with Gasteiger partial charge in [-0.3, -0.25) is 14.5 Å². The molecule has 4 amide bonds. The number of hydrogen-bond acceptors (Lipinski definition) is 4. The number of carbonyl (C=O) groups excluding carboxylic acids is 3. The quantitative estimate of drug-likeness (QED) is 0.715. The van der Waals surface area contributed by atoms with Crippen molar-refractivity contribution in [2.45, 2.75) is 38.4 Å². The van der Waals surface area contributed by atoms with E-state index in [1.54, 1.807) is 6.92 Å². The van der Waals surface area contributed by atoms with E-state index in [9.17, 15) is 14.4 Å². The summed E-state index contributed by atoms with van der Waals surface area (Å²) in [6.07, 6.45) is 1.87. The van der Waals surface area contributed by atoms with E-state index in [0.717, 1.165) is 29.8 Å². The number of nitrogens with zero attached hydrogens (tertiary/aromatic N) is 2. The van der Waals surface area contributed by atoms with Crippen LogP contribution in [-0.4, -0.2) is 53.8 Å². The fourth-order valence-electron chi connectivity index (χ4n) is 3.32. The van der Waals surface area contributed by atoms with E-state index in [0.29, 0.717) is 6.54 Å². The SMILES string of the molecule is CN(C)Cc1ccc(CNC(=O)CN2C(=O)NC(C)(C3CC3)C2=O)cc1. The molecule has 1 aromatic carbocycles. The van der Waals surface area contributed by atoms with E-state index in [4.69, 9.17) is 0 Å². The summed E-state index contributed by atoms with van der Waals surface area (Å²) in [4.78, 5) is 39.9. The molecule has 7 nitrogen and oxygen atoms in total. The molecule has 2 aliphatic rings. The zero-order valence-corrected chi connectivity index (χ0v) is 15.5. The minimum atomic E-state index is -0.848. The first-order valence-electron chi connectivity index (χ1n) is 8.93. The zero-order valence-electron chi connectivity index (χ0n) is 15.5. The van der Waals surface area contributed by atoms with E-state index < -0.39 is 11.6 Å². The van der Waals surface area contributed by atoms with Gasteiger partial charge in [0.25, 0.3) is 5.91 Å². The second-order valence-electron chi connectivity index (χ2n) is 7.63. The average molecular weight is 358 g/mol. The first kappa shape index (κ1) is 18.4. The number of nitrogens with one attached hydrogen (secondary N) is 2. The van der Waals surface area contributed by atoms with Crippen LogP contribution in [0.3, 0.4) is 0 Å². The first-order chi connectivity index (χ1) is 12.3. The van der Waals surface area contributed by atoms with Gasteiger partial charge in [-0.05, 0) is 50.9 Å². The smallest absolute Gasteiger partial charge is 0.325 e. The van der Waals surface area contributed by atoms with Gasteiger partial charge in [-0.25, -0.2) is 4.79 Å². The number of rotatable bonds is 7. The van der Waals surface area contributed by atoms with Crippen molar-refractivity contribution in [1.29, 1.82) is 0 Å². The predicted octanol–water partition coefficient (Wildman–Crippen LogP) is 1.08. The Morgan fingerprint density at radius 3 is 2.42 bits per heavy atom. The summed E-state index contributed by atoms with van der Waals surface area (Å²) in [5.74, 6) is -0.452. The van der Waals surface area contributed by atoms with Crippen molar-refractivity contribution in [2.24, 2.45) is 5.92 Å². The lowest BCUT2D eigenvalue weighted by atomic mass is 9.96. The van der Waals surface area contributed by atoms with Gasteiger partial charge < -0.3 is 15.5 Å². The van der Waals surface area contributed by atoms with Crippen LogP contribution < -0.4 is 10.6 Å². The molecule has 2 N–H and O–H groups in total. The van der Waals surface area contributed by atoms with Crippen molar-refractivity contribution < 1.29 is 14.4 Å². The summed E-state index contributed by atoms with van der Waals surface area (Å²) >= 11 is 0. The lowest BCUT2D eigenvalue weighted by Crippen LogP contribution is -2.46. The van der Waals surface area contributed by atoms with Crippen LogP contribution in [0.15, 0.2) is 24.3 Å². The number of imide groups is 1. The Bertz CT molecular complexity index is 712. The minimum absolute atomic E-state index is 0.188.